The Morgan fingerprint density at radius 3 is 1.86 bits per heavy atom. The van der Waals surface area contributed by atoms with Crippen LogP contribution in [0.3, 0.4) is 0 Å². The van der Waals surface area contributed by atoms with Crippen molar-refractivity contribution < 1.29 is 0 Å². The van der Waals surface area contributed by atoms with Crippen LogP contribution in [0.1, 0.15) is 22.3 Å². The summed E-state index contributed by atoms with van der Waals surface area (Å²) in [6.07, 6.45) is 17.0. The first-order valence-electron chi connectivity index (χ1n) is 9.25. The van der Waals surface area contributed by atoms with Crippen LogP contribution < -0.4 is 0 Å². The lowest BCUT2D eigenvalue weighted by Crippen LogP contribution is -1.94. The molecule has 0 bridgehead atoms. The molecule has 4 aromatic rings. The zero-order valence-electron chi connectivity index (χ0n) is 15.4. The Morgan fingerprint density at radius 1 is 0.536 bits per heavy atom. The number of pyridine rings is 4. The lowest BCUT2D eigenvalue weighted by Gasteiger charge is -2.05. The van der Waals surface area contributed by atoms with Crippen molar-refractivity contribution in [2.45, 2.75) is 12.8 Å². The average Bonchev–Trinajstić information content (AvgIpc) is 2.78. The molecule has 4 heteroatoms. The van der Waals surface area contributed by atoms with Crippen molar-refractivity contribution in [2.75, 3.05) is 0 Å². The zero-order chi connectivity index (χ0) is 19.0. The number of hydrogen-bond donors (Lipinski definition) is 0. The third-order valence-corrected chi connectivity index (χ3v) is 4.50. The van der Waals surface area contributed by atoms with E-state index >= 15 is 0 Å². The van der Waals surface area contributed by atoms with Crippen molar-refractivity contribution >= 4 is 12.2 Å². The van der Waals surface area contributed by atoms with Gasteiger partial charge in [0.2, 0.25) is 0 Å². The normalized spacial score (nSPS) is 11.0. The van der Waals surface area contributed by atoms with Crippen molar-refractivity contribution in [3.05, 3.63) is 108 Å². The van der Waals surface area contributed by atoms with Gasteiger partial charge in [-0.3, -0.25) is 19.9 Å². The molecule has 0 fully saturated rings. The van der Waals surface area contributed by atoms with Gasteiger partial charge in [-0.05, 0) is 83.6 Å². The maximum Gasteiger partial charge on any atom is 0.0892 e. The largest absolute Gasteiger partial charge is 0.265 e. The Labute approximate surface area is 164 Å². The number of aromatic nitrogens is 4. The second-order valence-corrected chi connectivity index (χ2v) is 6.49. The molecule has 0 aromatic carbocycles. The summed E-state index contributed by atoms with van der Waals surface area (Å²) in [5.41, 5.74) is 6.51. The molecule has 4 rings (SSSR count). The number of nitrogens with zero attached hydrogens (tertiary/aromatic N) is 4. The van der Waals surface area contributed by atoms with Crippen LogP contribution in [0, 0.1) is 0 Å². The van der Waals surface area contributed by atoms with Crippen molar-refractivity contribution in [1.29, 1.82) is 0 Å². The van der Waals surface area contributed by atoms with Crippen LogP contribution in [0.15, 0.2) is 85.7 Å². The highest BCUT2D eigenvalue weighted by Crippen LogP contribution is 2.19. The SMILES string of the molecule is C(=C\c1ccnc(-c2cc(CCc3ccncc3)ccn2)c1)/c1ccncc1. The van der Waals surface area contributed by atoms with Crippen LogP contribution in [-0.2, 0) is 12.8 Å². The standard InChI is InChI=1S/C24H20N4/c1(19-5-11-25-12-6-19)3-21-9-15-27-23(17-21)24-18-22(10-16-28-24)4-2-20-7-13-26-14-8-20/h1,3,5-18H,2,4H2/b3-1+. The second kappa shape index (κ2) is 8.82. The summed E-state index contributed by atoms with van der Waals surface area (Å²) in [6.45, 7) is 0. The topological polar surface area (TPSA) is 51.6 Å². The Kier molecular flexibility index (Phi) is 5.59. The van der Waals surface area contributed by atoms with Gasteiger partial charge in [0.15, 0.2) is 0 Å². The van der Waals surface area contributed by atoms with E-state index in [0.29, 0.717) is 0 Å². The molecule has 0 amide bonds. The molecule has 4 aromatic heterocycles. The summed E-state index contributed by atoms with van der Waals surface area (Å²) >= 11 is 0. The maximum atomic E-state index is 4.52. The first-order valence-corrected chi connectivity index (χ1v) is 9.25. The van der Waals surface area contributed by atoms with E-state index in [0.717, 1.165) is 35.4 Å². The fourth-order valence-corrected chi connectivity index (χ4v) is 2.97. The van der Waals surface area contributed by atoms with Gasteiger partial charge >= 0.3 is 0 Å². The van der Waals surface area contributed by atoms with E-state index in [-0.39, 0.29) is 0 Å². The Balaban J connectivity index is 1.50. The van der Waals surface area contributed by atoms with E-state index in [1.165, 1.54) is 11.1 Å². The molecular formula is C24H20N4. The van der Waals surface area contributed by atoms with Crippen molar-refractivity contribution in [3.63, 3.8) is 0 Å². The van der Waals surface area contributed by atoms with Gasteiger partial charge in [-0.25, -0.2) is 0 Å². The highest BCUT2D eigenvalue weighted by Gasteiger charge is 2.04. The molecule has 136 valence electrons. The van der Waals surface area contributed by atoms with E-state index in [1.54, 1.807) is 12.4 Å². The Morgan fingerprint density at radius 2 is 1.07 bits per heavy atom. The van der Waals surface area contributed by atoms with Gasteiger partial charge in [0.1, 0.15) is 0 Å². The minimum absolute atomic E-state index is 0.877. The molecule has 0 saturated heterocycles. The van der Waals surface area contributed by atoms with Crippen LogP contribution in [0.5, 0.6) is 0 Å². The minimum Gasteiger partial charge on any atom is -0.265 e. The highest BCUT2D eigenvalue weighted by molar-refractivity contribution is 5.71. The third kappa shape index (κ3) is 4.74. The number of hydrogen-bond acceptors (Lipinski definition) is 4. The minimum atomic E-state index is 0.877. The van der Waals surface area contributed by atoms with Gasteiger partial charge in [-0.1, -0.05) is 12.2 Å². The molecule has 0 N–H and O–H groups in total. The monoisotopic (exact) mass is 364 g/mol. The van der Waals surface area contributed by atoms with Gasteiger partial charge in [0, 0.05) is 37.2 Å². The van der Waals surface area contributed by atoms with Crippen LogP contribution in [0.2, 0.25) is 0 Å². The van der Waals surface area contributed by atoms with Crippen molar-refractivity contribution in [3.8, 4) is 11.4 Å². The molecule has 0 saturated carbocycles. The first kappa shape index (κ1) is 17.7. The van der Waals surface area contributed by atoms with Crippen molar-refractivity contribution in [2.24, 2.45) is 0 Å². The van der Waals surface area contributed by atoms with Crippen molar-refractivity contribution in [1.82, 2.24) is 19.9 Å². The van der Waals surface area contributed by atoms with E-state index in [2.05, 4.69) is 62.4 Å². The fourth-order valence-electron chi connectivity index (χ4n) is 2.97. The molecule has 0 aliphatic heterocycles. The van der Waals surface area contributed by atoms with Crippen LogP contribution in [0.4, 0.5) is 0 Å². The molecule has 28 heavy (non-hydrogen) atoms. The summed E-state index contributed by atoms with van der Waals surface area (Å²) < 4.78 is 0. The fraction of sp³-hybridized carbons (Fsp3) is 0.0833. The Bertz CT molecular complexity index is 1060. The van der Waals surface area contributed by atoms with E-state index in [4.69, 9.17) is 0 Å². The highest BCUT2D eigenvalue weighted by atomic mass is 14.8. The third-order valence-electron chi connectivity index (χ3n) is 4.50. The summed E-state index contributed by atoms with van der Waals surface area (Å²) in [5.74, 6) is 0. The van der Waals surface area contributed by atoms with E-state index in [9.17, 15) is 0 Å². The molecular weight excluding hydrogens is 344 g/mol. The lowest BCUT2D eigenvalue weighted by molar-refractivity contribution is 0.951. The van der Waals surface area contributed by atoms with Crippen LogP contribution in [-0.4, -0.2) is 19.9 Å². The van der Waals surface area contributed by atoms with Gasteiger partial charge in [-0.2, -0.15) is 0 Å². The number of aryl methyl sites for hydroxylation is 2. The van der Waals surface area contributed by atoms with Crippen LogP contribution >= 0.6 is 0 Å². The summed E-state index contributed by atoms with van der Waals surface area (Å²) in [4.78, 5) is 17.1. The predicted octanol–water partition coefficient (Wildman–Crippen LogP) is 4.89. The molecule has 4 nitrogen and oxygen atoms in total. The molecule has 0 atom stereocenters. The quantitative estimate of drug-likeness (QED) is 0.489. The lowest BCUT2D eigenvalue weighted by atomic mass is 10.0. The van der Waals surface area contributed by atoms with Gasteiger partial charge in [0.05, 0.1) is 11.4 Å². The van der Waals surface area contributed by atoms with E-state index in [1.807, 2.05) is 43.0 Å². The molecule has 4 heterocycles. The van der Waals surface area contributed by atoms with Crippen LogP contribution in [0.25, 0.3) is 23.5 Å². The summed E-state index contributed by atoms with van der Waals surface area (Å²) in [6, 6.07) is 16.3. The zero-order valence-corrected chi connectivity index (χ0v) is 15.4. The molecule has 0 radical (unpaired) electrons. The summed E-state index contributed by atoms with van der Waals surface area (Å²) in [7, 11) is 0. The smallest absolute Gasteiger partial charge is 0.0892 e. The second-order valence-electron chi connectivity index (χ2n) is 6.49. The summed E-state index contributed by atoms with van der Waals surface area (Å²) in [5, 5.41) is 0. The molecule has 0 aliphatic rings. The van der Waals surface area contributed by atoms with Gasteiger partial charge in [-0.15, -0.1) is 0 Å². The molecule has 0 spiro atoms. The van der Waals surface area contributed by atoms with Gasteiger partial charge < -0.3 is 0 Å². The average molecular weight is 364 g/mol. The first-order chi connectivity index (χ1) is 13.9. The van der Waals surface area contributed by atoms with Gasteiger partial charge in [0.25, 0.3) is 0 Å². The maximum absolute atomic E-state index is 4.52. The molecule has 0 unspecified atom stereocenters. The van der Waals surface area contributed by atoms with E-state index < -0.39 is 0 Å². The predicted molar refractivity (Wildman–Crippen MR) is 112 cm³/mol. The Hall–Kier alpha value is -3.66. The number of rotatable bonds is 6. The molecule has 0 aliphatic carbocycles.